The van der Waals surface area contributed by atoms with Crippen LogP contribution in [0.3, 0.4) is 0 Å². The molecule has 0 saturated carbocycles. The van der Waals surface area contributed by atoms with E-state index in [0.29, 0.717) is 8.81 Å². The van der Waals surface area contributed by atoms with Gasteiger partial charge in [0.1, 0.15) is 10.3 Å². The number of halogens is 2. The Balaban J connectivity index is 2.39. The molecular formula is C9H10BrClN2O4S2. The molecule has 1 atom stereocenters. The van der Waals surface area contributed by atoms with Gasteiger partial charge in [-0.1, -0.05) is 11.6 Å². The van der Waals surface area contributed by atoms with Crippen molar-refractivity contribution < 1.29 is 17.9 Å². The van der Waals surface area contributed by atoms with Crippen LogP contribution in [0.4, 0.5) is 0 Å². The van der Waals surface area contributed by atoms with E-state index in [2.05, 4.69) is 15.9 Å². The molecule has 19 heavy (non-hydrogen) atoms. The number of nitrogens with zero attached hydrogens (tertiary/aromatic N) is 1. The van der Waals surface area contributed by atoms with E-state index in [1.54, 1.807) is 0 Å². The Morgan fingerprint density at radius 1 is 1.63 bits per heavy atom. The largest absolute Gasteiger partial charge is 0.378 e. The van der Waals surface area contributed by atoms with E-state index >= 15 is 0 Å². The molecule has 6 nitrogen and oxygen atoms in total. The number of sulfonamides is 1. The standard InChI is InChI=1S/C9H10BrClN2O4S2/c10-8-5(11)3-7(18-8)19(15,16)13-1-2-17-4-6(13)9(12)14/h3,6H,1-2,4H2,(H2,12,14). The van der Waals surface area contributed by atoms with Crippen molar-refractivity contribution in [3.05, 3.63) is 14.9 Å². The summed E-state index contributed by atoms with van der Waals surface area (Å²) in [6, 6.07) is 0.359. The Kier molecular flexibility index (Phi) is 4.53. The van der Waals surface area contributed by atoms with Gasteiger partial charge in [0.25, 0.3) is 10.0 Å². The zero-order valence-corrected chi connectivity index (χ0v) is 13.5. The lowest BCUT2D eigenvalue weighted by Crippen LogP contribution is -2.54. The lowest BCUT2D eigenvalue weighted by Gasteiger charge is -2.31. The molecule has 1 amide bonds. The van der Waals surface area contributed by atoms with Crippen molar-refractivity contribution in [1.82, 2.24) is 4.31 Å². The van der Waals surface area contributed by atoms with E-state index in [0.717, 1.165) is 15.6 Å². The van der Waals surface area contributed by atoms with Gasteiger partial charge in [0.2, 0.25) is 5.91 Å². The molecule has 2 rings (SSSR count). The summed E-state index contributed by atoms with van der Waals surface area (Å²) in [5.41, 5.74) is 5.21. The maximum Gasteiger partial charge on any atom is 0.253 e. The highest BCUT2D eigenvalue weighted by Gasteiger charge is 2.38. The maximum absolute atomic E-state index is 12.5. The molecule has 1 aliphatic rings. The monoisotopic (exact) mass is 388 g/mol. The number of hydrogen-bond acceptors (Lipinski definition) is 5. The molecule has 106 valence electrons. The number of carbonyl (C=O) groups excluding carboxylic acids is 1. The predicted molar refractivity (Wildman–Crippen MR) is 74.7 cm³/mol. The summed E-state index contributed by atoms with van der Waals surface area (Å²) >= 11 is 9.99. The van der Waals surface area contributed by atoms with Crippen LogP contribution in [-0.4, -0.2) is 44.4 Å². The molecule has 1 aromatic heterocycles. The number of rotatable bonds is 3. The molecule has 0 bridgehead atoms. The molecule has 10 heteroatoms. The van der Waals surface area contributed by atoms with Crippen molar-refractivity contribution in [3.8, 4) is 0 Å². The normalized spacial score (nSPS) is 21.5. The number of hydrogen-bond donors (Lipinski definition) is 1. The number of thiophene rings is 1. The molecule has 0 radical (unpaired) electrons. The first-order valence-corrected chi connectivity index (χ1v) is 8.60. The third-order valence-corrected chi connectivity index (χ3v) is 7.43. The third-order valence-electron chi connectivity index (χ3n) is 2.59. The number of nitrogens with two attached hydrogens (primary N) is 1. The number of primary amides is 1. The Bertz CT molecular complexity index is 584. The summed E-state index contributed by atoms with van der Waals surface area (Å²) in [6.07, 6.45) is 0. The van der Waals surface area contributed by atoms with Gasteiger partial charge >= 0.3 is 0 Å². The fraction of sp³-hybridized carbons (Fsp3) is 0.444. The highest BCUT2D eigenvalue weighted by atomic mass is 79.9. The molecule has 2 N–H and O–H groups in total. The van der Waals surface area contributed by atoms with Crippen molar-refractivity contribution in [2.45, 2.75) is 10.3 Å². The second-order valence-electron chi connectivity index (χ2n) is 3.80. The second kappa shape index (κ2) is 5.66. The minimum absolute atomic E-state index is 0.0329. The smallest absolute Gasteiger partial charge is 0.253 e. The van der Waals surface area contributed by atoms with Crippen LogP contribution in [0.15, 0.2) is 14.1 Å². The van der Waals surface area contributed by atoms with Crippen LogP contribution in [0.5, 0.6) is 0 Å². The maximum atomic E-state index is 12.5. The van der Waals surface area contributed by atoms with E-state index in [9.17, 15) is 13.2 Å². The van der Waals surface area contributed by atoms with Crippen LogP contribution in [0.2, 0.25) is 5.02 Å². The number of amides is 1. The fourth-order valence-electron chi connectivity index (χ4n) is 1.67. The van der Waals surface area contributed by atoms with E-state index in [4.69, 9.17) is 22.1 Å². The van der Waals surface area contributed by atoms with Crippen LogP contribution in [0, 0.1) is 0 Å². The Labute approximate surface area is 127 Å². The van der Waals surface area contributed by atoms with Crippen LogP contribution in [0.25, 0.3) is 0 Å². The van der Waals surface area contributed by atoms with E-state index in [1.807, 2.05) is 0 Å². The quantitative estimate of drug-likeness (QED) is 0.836. The predicted octanol–water partition coefficient (Wildman–Crippen LogP) is 1.04. The summed E-state index contributed by atoms with van der Waals surface area (Å²) in [5, 5.41) is 0.312. The minimum Gasteiger partial charge on any atom is -0.378 e. The average molecular weight is 390 g/mol. The minimum atomic E-state index is -3.80. The SMILES string of the molecule is NC(=O)C1COCCN1S(=O)(=O)c1cc(Cl)c(Br)s1. The summed E-state index contributed by atoms with van der Waals surface area (Å²) in [7, 11) is -3.80. The van der Waals surface area contributed by atoms with Crippen molar-refractivity contribution in [2.24, 2.45) is 5.73 Å². The van der Waals surface area contributed by atoms with Gasteiger partial charge in [-0.3, -0.25) is 4.79 Å². The molecule has 0 aliphatic carbocycles. The van der Waals surface area contributed by atoms with Gasteiger partial charge in [0, 0.05) is 6.54 Å². The van der Waals surface area contributed by atoms with Crippen molar-refractivity contribution in [3.63, 3.8) is 0 Å². The lowest BCUT2D eigenvalue weighted by atomic mass is 10.3. The number of carbonyl (C=O) groups is 1. The van der Waals surface area contributed by atoms with Crippen molar-refractivity contribution >= 4 is 54.8 Å². The molecule has 0 aromatic carbocycles. The lowest BCUT2D eigenvalue weighted by molar-refractivity contribution is -0.125. The van der Waals surface area contributed by atoms with Gasteiger partial charge in [0.05, 0.1) is 22.0 Å². The number of ether oxygens (including phenoxy) is 1. The van der Waals surface area contributed by atoms with Gasteiger partial charge in [0.15, 0.2) is 0 Å². The van der Waals surface area contributed by atoms with Crippen LogP contribution >= 0.6 is 38.9 Å². The van der Waals surface area contributed by atoms with Gasteiger partial charge in [-0.25, -0.2) is 8.42 Å². The Hall–Kier alpha value is -0.190. The average Bonchev–Trinajstić information content (AvgIpc) is 2.70. The van der Waals surface area contributed by atoms with Gasteiger partial charge in [-0.15, -0.1) is 11.3 Å². The highest BCUT2D eigenvalue weighted by molar-refractivity contribution is 9.11. The summed E-state index contributed by atoms with van der Waals surface area (Å²) in [6.45, 7) is 0.279. The van der Waals surface area contributed by atoms with Gasteiger partial charge < -0.3 is 10.5 Å². The Morgan fingerprint density at radius 2 is 2.32 bits per heavy atom. The first-order valence-electron chi connectivity index (χ1n) is 5.18. The molecule has 1 aromatic rings. The van der Waals surface area contributed by atoms with E-state index in [-0.39, 0.29) is 24.0 Å². The Morgan fingerprint density at radius 3 is 2.84 bits per heavy atom. The van der Waals surface area contributed by atoms with E-state index in [1.165, 1.54) is 6.07 Å². The summed E-state index contributed by atoms with van der Waals surface area (Å²) < 4.78 is 31.7. The van der Waals surface area contributed by atoms with Crippen molar-refractivity contribution in [2.75, 3.05) is 19.8 Å². The molecular weight excluding hydrogens is 380 g/mol. The molecule has 2 heterocycles. The summed E-state index contributed by atoms with van der Waals surface area (Å²) in [5.74, 6) is -0.731. The zero-order chi connectivity index (χ0) is 14.2. The molecule has 1 fully saturated rings. The second-order valence-corrected chi connectivity index (χ2v) is 8.69. The first-order chi connectivity index (χ1) is 8.84. The topological polar surface area (TPSA) is 89.7 Å². The molecule has 0 spiro atoms. The van der Waals surface area contributed by atoms with Crippen LogP contribution in [-0.2, 0) is 19.6 Å². The highest BCUT2D eigenvalue weighted by Crippen LogP contribution is 2.36. The van der Waals surface area contributed by atoms with Crippen molar-refractivity contribution in [1.29, 1.82) is 0 Å². The van der Waals surface area contributed by atoms with Crippen LogP contribution < -0.4 is 5.73 Å². The zero-order valence-electron chi connectivity index (χ0n) is 9.51. The first kappa shape index (κ1) is 15.2. The summed E-state index contributed by atoms with van der Waals surface area (Å²) in [4.78, 5) is 11.3. The van der Waals surface area contributed by atoms with Crippen LogP contribution in [0.1, 0.15) is 0 Å². The third kappa shape index (κ3) is 2.96. The fourth-order valence-corrected chi connectivity index (χ4v) is 5.76. The van der Waals surface area contributed by atoms with E-state index < -0.39 is 22.0 Å². The van der Waals surface area contributed by atoms with Gasteiger partial charge in [-0.05, 0) is 22.0 Å². The molecule has 1 unspecified atom stereocenters. The van der Waals surface area contributed by atoms with Gasteiger partial charge in [-0.2, -0.15) is 4.31 Å². The number of morpholine rings is 1. The molecule has 1 saturated heterocycles. The molecule has 1 aliphatic heterocycles.